The third-order valence-electron chi connectivity index (χ3n) is 6.21. The summed E-state index contributed by atoms with van der Waals surface area (Å²) >= 11 is 0. The molecule has 1 saturated carbocycles. The summed E-state index contributed by atoms with van der Waals surface area (Å²) in [6.45, 7) is 3.78. The van der Waals surface area contributed by atoms with Gasteiger partial charge in [0.2, 0.25) is 5.91 Å². The lowest BCUT2D eigenvalue weighted by Crippen LogP contribution is -2.38. The molecule has 4 nitrogen and oxygen atoms in total. The monoisotopic (exact) mass is 390 g/mol. The Balaban J connectivity index is 1.24. The van der Waals surface area contributed by atoms with Crippen LogP contribution in [-0.4, -0.2) is 29.8 Å². The number of carbonyl (C=O) groups excluding carboxylic acids is 2. The lowest BCUT2D eigenvalue weighted by molar-refractivity contribution is -0.117. The Morgan fingerprint density at radius 3 is 2.21 bits per heavy atom. The summed E-state index contributed by atoms with van der Waals surface area (Å²) in [4.78, 5) is 26.6. The molecule has 2 aromatic rings. The standard InChI is InChI=1S/C25H30N2O2/c1-18-2-4-19(5-3-18)6-7-20-14-16-27(17-15-20)25(29)22-10-12-23(13-11-22)26-24(28)21-8-9-21/h2-5,10-13,20-21H,6-9,14-17H2,1H3,(H,26,28). The summed E-state index contributed by atoms with van der Waals surface area (Å²) in [6.07, 6.45) is 6.44. The first kappa shape index (κ1) is 19.7. The highest BCUT2D eigenvalue weighted by atomic mass is 16.2. The fraction of sp³-hybridized carbons (Fsp3) is 0.440. The summed E-state index contributed by atoms with van der Waals surface area (Å²) in [5, 5.41) is 2.92. The number of rotatable bonds is 6. The third kappa shape index (κ3) is 5.26. The second-order valence-corrected chi connectivity index (χ2v) is 8.60. The van der Waals surface area contributed by atoms with Gasteiger partial charge in [0.1, 0.15) is 0 Å². The van der Waals surface area contributed by atoms with E-state index in [1.807, 2.05) is 29.2 Å². The van der Waals surface area contributed by atoms with E-state index in [1.54, 1.807) is 0 Å². The van der Waals surface area contributed by atoms with Crippen molar-refractivity contribution in [2.45, 2.75) is 45.4 Å². The number of amides is 2. The average molecular weight is 391 g/mol. The van der Waals surface area contributed by atoms with Crippen molar-refractivity contribution in [3.8, 4) is 0 Å². The van der Waals surface area contributed by atoms with Gasteiger partial charge in [0.15, 0.2) is 0 Å². The first-order chi connectivity index (χ1) is 14.1. The Hall–Kier alpha value is -2.62. The zero-order chi connectivity index (χ0) is 20.2. The van der Waals surface area contributed by atoms with E-state index in [0.29, 0.717) is 11.5 Å². The van der Waals surface area contributed by atoms with Crippen molar-refractivity contribution in [1.29, 1.82) is 0 Å². The quantitative estimate of drug-likeness (QED) is 0.768. The fourth-order valence-corrected chi connectivity index (χ4v) is 4.02. The van der Waals surface area contributed by atoms with Gasteiger partial charge in [-0.2, -0.15) is 0 Å². The maximum absolute atomic E-state index is 12.8. The van der Waals surface area contributed by atoms with E-state index < -0.39 is 0 Å². The van der Waals surface area contributed by atoms with Gasteiger partial charge in [-0.15, -0.1) is 0 Å². The molecule has 2 amide bonds. The number of hydrogen-bond donors (Lipinski definition) is 1. The van der Waals surface area contributed by atoms with Crippen LogP contribution in [0.25, 0.3) is 0 Å². The topological polar surface area (TPSA) is 49.4 Å². The molecule has 2 aromatic carbocycles. The number of likely N-dealkylation sites (tertiary alicyclic amines) is 1. The molecular weight excluding hydrogens is 360 g/mol. The zero-order valence-corrected chi connectivity index (χ0v) is 17.2. The Kier molecular flexibility index (Phi) is 5.98. The molecular formula is C25H30N2O2. The Morgan fingerprint density at radius 2 is 1.59 bits per heavy atom. The molecule has 1 aliphatic carbocycles. The number of aryl methyl sites for hydroxylation is 2. The van der Waals surface area contributed by atoms with Gasteiger partial charge in [-0.3, -0.25) is 9.59 Å². The molecule has 2 aliphatic rings. The summed E-state index contributed by atoms with van der Waals surface area (Å²) in [7, 11) is 0. The van der Waals surface area contributed by atoms with Crippen LogP contribution in [0.3, 0.4) is 0 Å². The highest BCUT2D eigenvalue weighted by Crippen LogP contribution is 2.30. The molecule has 0 aromatic heterocycles. The summed E-state index contributed by atoms with van der Waals surface area (Å²) in [6, 6.07) is 16.1. The van der Waals surface area contributed by atoms with Gasteiger partial charge in [-0.25, -0.2) is 0 Å². The molecule has 1 N–H and O–H groups in total. The first-order valence-corrected chi connectivity index (χ1v) is 10.8. The Morgan fingerprint density at radius 1 is 0.931 bits per heavy atom. The van der Waals surface area contributed by atoms with Crippen molar-refractivity contribution in [3.05, 3.63) is 65.2 Å². The largest absolute Gasteiger partial charge is 0.339 e. The van der Waals surface area contributed by atoms with Crippen LogP contribution >= 0.6 is 0 Å². The molecule has 1 heterocycles. The predicted molar refractivity (Wildman–Crippen MR) is 116 cm³/mol. The molecule has 2 fully saturated rings. The van der Waals surface area contributed by atoms with Gasteiger partial charge >= 0.3 is 0 Å². The van der Waals surface area contributed by atoms with Crippen LogP contribution in [-0.2, 0) is 11.2 Å². The second-order valence-electron chi connectivity index (χ2n) is 8.60. The van der Waals surface area contributed by atoms with Gasteiger partial charge in [0, 0.05) is 30.3 Å². The van der Waals surface area contributed by atoms with Crippen LogP contribution in [0.5, 0.6) is 0 Å². The van der Waals surface area contributed by atoms with Gasteiger partial charge in [0.05, 0.1) is 0 Å². The number of nitrogens with one attached hydrogen (secondary N) is 1. The summed E-state index contributed by atoms with van der Waals surface area (Å²) in [5.74, 6) is 1.07. The van der Waals surface area contributed by atoms with Crippen LogP contribution in [0.1, 0.15) is 53.6 Å². The first-order valence-electron chi connectivity index (χ1n) is 10.8. The lowest BCUT2D eigenvalue weighted by Gasteiger charge is -2.32. The molecule has 0 bridgehead atoms. The van der Waals surface area contributed by atoms with E-state index in [9.17, 15) is 9.59 Å². The van der Waals surface area contributed by atoms with E-state index in [2.05, 4.69) is 36.5 Å². The molecule has 1 aliphatic heterocycles. The van der Waals surface area contributed by atoms with Crippen molar-refractivity contribution >= 4 is 17.5 Å². The van der Waals surface area contributed by atoms with E-state index in [1.165, 1.54) is 17.5 Å². The molecule has 4 rings (SSSR count). The molecule has 29 heavy (non-hydrogen) atoms. The van der Waals surface area contributed by atoms with Crippen molar-refractivity contribution in [3.63, 3.8) is 0 Å². The van der Waals surface area contributed by atoms with E-state index in [4.69, 9.17) is 0 Å². The molecule has 0 unspecified atom stereocenters. The lowest BCUT2D eigenvalue weighted by atomic mass is 9.90. The molecule has 152 valence electrons. The number of hydrogen-bond acceptors (Lipinski definition) is 2. The number of piperidine rings is 1. The zero-order valence-electron chi connectivity index (χ0n) is 17.2. The number of anilines is 1. The van der Waals surface area contributed by atoms with Crippen molar-refractivity contribution in [2.75, 3.05) is 18.4 Å². The highest BCUT2D eigenvalue weighted by Gasteiger charge is 2.29. The average Bonchev–Trinajstić information content (AvgIpc) is 3.59. The Bertz CT molecular complexity index is 845. The summed E-state index contributed by atoms with van der Waals surface area (Å²) < 4.78 is 0. The van der Waals surface area contributed by atoms with E-state index in [-0.39, 0.29) is 17.7 Å². The Labute approximate surface area is 173 Å². The molecule has 0 radical (unpaired) electrons. The van der Waals surface area contributed by atoms with Crippen molar-refractivity contribution in [2.24, 2.45) is 11.8 Å². The molecule has 4 heteroatoms. The number of carbonyl (C=O) groups is 2. The minimum atomic E-state index is 0.0942. The van der Waals surface area contributed by atoms with E-state index >= 15 is 0 Å². The SMILES string of the molecule is Cc1ccc(CCC2CCN(C(=O)c3ccc(NC(=O)C4CC4)cc3)CC2)cc1. The molecule has 1 saturated heterocycles. The smallest absolute Gasteiger partial charge is 0.253 e. The van der Waals surface area contributed by atoms with Gasteiger partial charge in [-0.05, 0) is 81.2 Å². The highest BCUT2D eigenvalue weighted by molar-refractivity contribution is 5.96. The van der Waals surface area contributed by atoms with Crippen LogP contribution in [0.15, 0.2) is 48.5 Å². The minimum absolute atomic E-state index is 0.0942. The third-order valence-corrected chi connectivity index (χ3v) is 6.21. The fourth-order valence-electron chi connectivity index (χ4n) is 4.02. The molecule has 0 spiro atoms. The van der Waals surface area contributed by atoms with Gasteiger partial charge < -0.3 is 10.2 Å². The van der Waals surface area contributed by atoms with Gasteiger partial charge in [0.25, 0.3) is 5.91 Å². The van der Waals surface area contributed by atoms with Crippen molar-refractivity contribution in [1.82, 2.24) is 4.90 Å². The maximum Gasteiger partial charge on any atom is 0.253 e. The van der Waals surface area contributed by atoms with Crippen LogP contribution in [0.4, 0.5) is 5.69 Å². The number of nitrogens with zero attached hydrogens (tertiary/aromatic N) is 1. The predicted octanol–water partition coefficient (Wildman–Crippen LogP) is 4.83. The maximum atomic E-state index is 12.8. The van der Waals surface area contributed by atoms with Crippen LogP contribution in [0, 0.1) is 18.8 Å². The van der Waals surface area contributed by atoms with Crippen LogP contribution < -0.4 is 5.32 Å². The number of benzene rings is 2. The van der Waals surface area contributed by atoms with Crippen molar-refractivity contribution < 1.29 is 9.59 Å². The minimum Gasteiger partial charge on any atom is -0.339 e. The normalized spacial score (nSPS) is 17.2. The van der Waals surface area contributed by atoms with E-state index in [0.717, 1.165) is 50.9 Å². The second kappa shape index (κ2) is 8.81. The van der Waals surface area contributed by atoms with Gasteiger partial charge in [-0.1, -0.05) is 29.8 Å². The van der Waals surface area contributed by atoms with Crippen LogP contribution in [0.2, 0.25) is 0 Å². The molecule has 0 atom stereocenters. The summed E-state index contributed by atoms with van der Waals surface area (Å²) in [5.41, 5.74) is 4.18.